The summed E-state index contributed by atoms with van der Waals surface area (Å²) in [4.78, 5) is 3.31. The highest BCUT2D eigenvalue weighted by atomic mass is 79.9. The second-order valence-corrected chi connectivity index (χ2v) is 3.42. The molecule has 0 N–H and O–H groups in total. The molecule has 0 saturated carbocycles. The molecule has 0 saturated heterocycles. The van der Waals surface area contributed by atoms with E-state index in [1.807, 2.05) is 12.1 Å². The molecule has 0 aromatic heterocycles. The van der Waals surface area contributed by atoms with E-state index >= 15 is 0 Å². The van der Waals surface area contributed by atoms with E-state index in [0.717, 1.165) is 10.0 Å². The molecule has 1 rings (SSSR count). The summed E-state index contributed by atoms with van der Waals surface area (Å²) in [5, 5.41) is 0. The van der Waals surface area contributed by atoms with Gasteiger partial charge in [0, 0.05) is 5.56 Å². The van der Waals surface area contributed by atoms with Gasteiger partial charge in [-0.2, -0.15) is 0 Å². The number of halogens is 1. The molecule has 1 aromatic rings. The Hall–Kier alpha value is -1.21. The van der Waals surface area contributed by atoms with Crippen LogP contribution in [0.25, 0.3) is 4.85 Å². The Morgan fingerprint density at radius 3 is 2.14 bits per heavy atom. The van der Waals surface area contributed by atoms with Crippen LogP contribution < -0.4 is 9.47 Å². The van der Waals surface area contributed by atoms with Crippen molar-refractivity contribution in [1.82, 2.24) is 0 Å². The fraction of sp³-hybridized carbons (Fsp3) is 0.300. The average molecular weight is 256 g/mol. The number of methoxy groups -OCH3 is 2. The van der Waals surface area contributed by atoms with Gasteiger partial charge in [0.25, 0.3) is 0 Å². The molecule has 0 heterocycles. The Morgan fingerprint density at radius 1 is 1.29 bits per heavy atom. The van der Waals surface area contributed by atoms with Crippen molar-refractivity contribution in [2.75, 3.05) is 14.2 Å². The van der Waals surface area contributed by atoms with Gasteiger partial charge in [-0.15, -0.1) is 0 Å². The van der Waals surface area contributed by atoms with Gasteiger partial charge >= 0.3 is 0 Å². The first-order valence-electron chi connectivity index (χ1n) is 3.96. The molecule has 0 amide bonds. The highest BCUT2D eigenvalue weighted by Crippen LogP contribution is 2.35. The number of nitrogens with zero attached hydrogens (tertiary/aromatic N) is 1. The fourth-order valence-corrected chi connectivity index (χ4v) is 1.66. The molecular formula is C10H10BrNO2. The first kappa shape index (κ1) is 10.9. The first-order chi connectivity index (χ1) is 6.72. The number of hydrogen-bond donors (Lipinski definition) is 0. The summed E-state index contributed by atoms with van der Waals surface area (Å²) in [6, 6.07) is 3.65. The van der Waals surface area contributed by atoms with Crippen LogP contribution >= 0.6 is 15.9 Å². The van der Waals surface area contributed by atoms with Crippen molar-refractivity contribution in [2.45, 2.75) is 6.54 Å². The third-order valence-electron chi connectivity index (χ3n) is 1.77. The standard InChI is InChI=1S/C10H10BrNO2/c1-12-6-7-4-8(13-2)10(11)9(5-7)14-3/h4-5H,6H2,2-3H3. The van der Waals surface area contributed by atoms with Gasteiger partial charge in [0.15, 0.2) is 0 Å². The fourth-order valence-electron chi connectivity index (χ4n) is 1.11. The van der Waals surface area contributed by atoms with Crippen molar-refractivity contribution < 1.29 is 9.47 Å². The Labute approximate surface area is 91.6 Å². The SMILES string of the molecule is [C-]#[N+]Cc1cc(OC)c(Br)c(OC)c1. The normalized spacial score (nSPS) is 9.29. The summed E-state index contributed by atoms with van der Waals surface area (Å²) in [7, 11) is 3.17. The highest BCUT2D eigenvalue weighted by molar-refractivity contribution is 9.10. The van der Waals surface area contributed by atoms with Crippen LogP contribution in [-0.4, -0.2) is 14.2 Å². The molecule has 0 atom stereocenters. The molecule has 0 fully saturated rings. The molecule has 0 aliphatic carbocycles. The van der Waals surface area contributed by atoms with Crippen LogP contribution in [0.5, 0.6) is 11.5 Å². The van der Waals surface area contributed by atoms with Gasteiger partial charge in [0.1, 0.15) is 16.0 Å². The van der Waals surface area contributed by atoms with Crippen molar-refractivity contribution in [2.24, 2.45) is 0 Å². The minimum Gasteiger partial charge on any atom is -0.495 e. The minimum atomic E-state index is 0.333. The first-order valence-corrected chi connectivity index (χ1v) is 4.75. The van der Waals surface area contributed by atoms with Crippen LogP contribution in [0.3, 0.4) is 0 Å². The summed E-state index contributed by atoms with van der Waals surface area (Å²) in [5.74, 6) is 1.37. The van der Waals surface area contributed by atoms with Gasteiger partial charge in [-0.05, 0) is 28.1 Å². The van der Waals surface area contributed by atoms with Gasteiger partial charge in [-0.1, -0.05) is 0 Å². The topological polar surface area (TPSA) is 22.8 Å². The quantitative estimate of drug-likeness (QED) is 0.776. The zero-order valence-electron chi connectivity index (χ0n) is 8.00. The molecule has 3 nitrogen and oxygen atoms in total. The van der Waals surface area contributed by atoms with Gasteiger partial charge in [-0.25, -0.2) is 6.57 Å². The van der Waals surface area contributed by atoms with Crippen LogP contribution in [0.4, 0.5) is 0 Å². The maximum absolute atomic E-state index is 6.78. The maximum Gasteiger partial charge on any atom is 0.240 e. The van der Waals surface area contributed by atoms with Crippen LogP contribution in [0, 0.1) is 6.57 Å². The zero-order chi connectivity index (χ0) is 10.6. The average Bonchev–Trinajstić information content (AvgIpc) is 2.20. The van der Waals surface area contributed by atoms with Crippen LogP contribution in [0.15, 0.2) is 16.6 Å². The molecular weight excluding hydrogens is 246 g/mol. The molecule has 0 spiro atoms. The molecule has 4 heteroatoms. The van der Waals surface area contributed by atoms with Crippen molar-refractivity contribution in [3.8, 4) is 11.5 Å². The Kier molecular flexibility index (Phi) is 3.78. The Morgan fingerprint density at radius 2 is 1.79 bits per heavy atom. The Bertz CT molecular complexity index is 346. The summed E-state index contributed by atoms with van der Waals surface area (Å²) in [5.41, 5.74) is 0.886. The van der Waals surface area contributed by atoms with Crippen LogP contribution in [0.1, 0.15) is 5.56 Å². The molecule has 0 aliphatic rings. The summed E-state index contributed by atoms with van der Waals surface area (Å²) < 4.78 is 11.1. The highest BCUT2D eigenvalue weighted by Gasteiger charge is 2.10. The summed E-state index contributed by atoms with van der Waals surface area (Å²) in [6.45, 7) is 7.11. The van der Waals surface area contributed by atoms with E-state index in [4.69, 9.17) is 16.0 Å². The zero-order valence-corrected chi connectivity index (χ0v) is 9.59. The van der Waals surface area contributed by atoms with E-state index in [9.17, 15) is 0 Å². The molecule has 74 valence electrons. The molecule has 0 bridgehead atoms. The molecule has 14 heavy (non-hydrogen) atoms. The predicted octanol–water partition coefficient (Wildman–Crippen LogP) is 2.89. The number of hydrogen-bond acceptors (Lipinski definition) is 2. The van der Waals surface area contributed by atoms with E-state index in [-0.39, 0.29) is 0 Å². The minimum absolute atomic E-state index is 0.333. The van der Waals surface area contributed by atoms with Crippen molar-refractivity contribution in [1.29, 1.82) is 0 Å². The lowest BCUT2D eigenvalue weighted by Gasteiger charge is -2.08. The van der Waals surface area contributed by atoms with E-state index in [1.54, 1.807) is 14.2 Å². The van der Waals surface area contributed by atoms with E-state index in [2.05, 4.69) is 20.8 Å². The number of benzene rings is 1. The van der Waals surface area contributed by atoms with Crippen molar-refractivity contribution in [3.63, 3.8) is 0 Å². The monoisotopic (exact) mass is 255 g/mol. The van der Waals surface area contributed by atoms with Gasteiger partial charge < -0.3 is 14.3 Å². The third-order valence-corrected chi connectivity index (χ3v) is 2.55. The number of ether oxygens (including phenoxy) is 2. The van der Waals surface area contributed by atoms with Crippen LogP contribution in [-0.2, 0) is 6.54 Å². The maximum atomic E-state index is 6.78. The van der Waals surface area contributed by atoms with E-state index < -0.39 is 0 Å². The lowest BCUT2D eigenvalue weighted by atomic mass is 10.2. The van der Waals surface area contributed by atoms with Crippen LogP contribution in [0.2, 0.25) is 0 Å². The summed E-state index contributed by atoms with van der Waals surface area (Å²) >= 11 is 3.36. The summed E-state index contributed by atoms with van der Waals surface area (Å²) in [6.07, 6.45) is 0. The molecule has 0 radical (unpaired) electrons. The predicted molar refractivity (Wildman–Crippen MR) is 57.6 cm³/mol. The lowest BCUT2D eigenvalue weighted by Crippen LogP contribution is -1.92. The van der Waals surface area contributed by atoms with E-state index in [0.29, 0.717) is 18.0 Å². The third kappa shape index (κ3) is 2.18. The molecule has 0 unspecified atom stereocenters. The molecule has 0 aliphatic heterocycles. The largest absolute Gasteiger partial charge is 0.495 e. The van der Waals surface area contributed by atoms with E-state index in [1.165, 1.54) is 0 Å². The second-order valence-electron chi connectivity index (χ2n) is 2.63. The Balaban J connectivity index is 3.19. The van der Waals surface area contributed by atoms with Crippen molar-refractivity contribution >= 4 is 15.9 Å². The lowest BCUT2D eigenvalue weighted by molar-refractivity contribution is 0.389. The van der Waals surface area contributed by atoms with Gasteiger partial charge in [-0.3, -0.25) is 0 Å². The number of rotatable bonds is 3. The smallest absolute Gasteiger partial charge is 0.240 e. The van der Waals surface area contributed by atoms with Gasteiger partial charge in [0.05, 0.1) is 14.2 Å². The molecule has 1 aromatic carbocycles. The van der Waals surface area contributed by atoms with Gasteiger partial charge in [0.2, 0.25) is 6.54 Å². The second kappa shape index (κ2) is 4.87. The van der Waals surface area contributed by atoms with Crippen molar-refractivity contribution in [3.05, 3.63) is 33.6 Å².